The lowest BCUT2D eigenvalue weighted by Crippen LogP contribution is -2.19. The van der Waals surface area contributed by atoms with Gasteiger partial charge in [-0.15, -0.1) is 0 Å². The molecule has 0 unspecified atom stereocenters. The molecule has 0 saturated carbocycles. The minimum atomic E-state index is -0.222. The number of hydrogen-bond acceptors (Lipinski definition) is 3. The highest BCUT2D eigenvalue weighted by Gasteiger charge is 2.09. The smallest absolute Gasteiger partial charge is 0.253 e. The van der Waals surface area contributed by atoms with Crippen LogP contribution in [0.1, 0.15) is 10.4 Å². The molecule has 4 heteroatoms. The molecule has 0 atom stereocenters. The zero-order valence-corrected chi connectivity index (χ0v) is 7.59. The van der Waals surface area contributed by atoms with Crippen LogP contribution in [0.5, 0.6) is 5.75 Å². The van der Waals surface area contributed by atoms with Crippen LogP contribution in [0.4, 0.5) is 5.69 Å². The van der Waals surface area contributed by atoms with E-state index in [9.17, 15) is 4.79 Å². The van der Waals surface area contributed by atoms with Gasteiger partial charge >= 0.3 is 0 Å². The van der Waals surface area contributed by atoms with E-state index in [0.717, 1.165) is 0 Å². The minimum absolute atomic E-state index is 0.0811. The average molecular weight is 180 g/mol. The van der Waals surface area contributed by atoms with E-state index in [1.165, 1.54) is 12.1 Å². The molecule has 0 aliphatic carbocycles. The summed E-state index contributed by atoms with van der Waals surface area (Å²) in [6.07, 6.45) is 0. The van der Waals surface area contributed by atoms with Gasteiger partial charge in [0, 0.05) is 19.8 Å². The standard InChI is InChI=1S/C9H12N2O2/c1-10-8-4-3-6(12)5-7(8)9(13)11-2/h3-5,10,12H,1-2H3,(H,11,13). The molecule has 0 saturated heterocycles. The van der Waals surface area contributed by atoms with Crippen molar-refractivity contribution in [1.29, 1.82) is 0 Å². The largest absolute Gasteiger partial charge is 0.508 e. The van der Waals surface area contributed by atoms with Crippen LogP contribution < -0.4 is 10.6 Å². The topological polar surface area (TPSA) is 61.4 Å². The van der Waals surface area contributed by atoms with Crippen molar-refractivity contribution in [3.05, 3.63) is 23.8 Å². The van der Waals surface area contributed by atoms with Gasteiger partial charge in [0.2, 0.25) is 0 Å². The van der Waals surface area contributed by atoms with E-state index in [-0.39, 0.29) is 11.7 Å². The number of carbonyl (C=O) groups excluding carboxylic acids is 1. The summed E-state index contributed by atoms with van der Waals surface area (Å²) in [5.74, 6) is -0.141. The molecule has 0 spiro atoms. The van der Waals surface area contributed by atoms with Crippen LogP contribution in [0.3, 0.4) is 0 Å². The van der Waals surface area contributed by atoms with Crippen molar-refractivity contribution in [3.63, 3.8) is 0 Å². The second-order valence-electron chi connectivity index (χ2n) is 2.56. The fourth-order valence-electron chi connectivity index (χ4n) is 1.07. The van der Waals surface area contributed by atoms with E-state index >= 15 is 0 Å². The number of amides is 1. The summed E-state index contributed by atoms with van der Waals surface area (Å²) in [5, 5.41) is 14.5. The molecule has 1 amide bonds. The third-order valence-electron chi connectivity index (χ3n) is 1.74. The van der Waals surface area contributed by atoms with Gasteiger partial charge in [0.05, 0.1) is 5.56 Å². The van der Waals surface area contributed by atoms with Gasteiger partial charge in [0.15, 0.2) is 0 Å². The summed E-state index contributed by atoms with van der Waals surface area (Å²) >= 11 is 0. The number of phenols is 1. The first-order valence-corrected chi connectivity index (χ1v) is 3.92. The van der Waals surface area contributed by atoms with Gasteiger partial charge in [-0.05, 0) is 18.2 Å². The maximum Gasteiger partial charge on any atom is 0.253 e. The molecule has 0 aliphatic heterocycles. The van der Waals surface area contributed by atoms with Crippen molar-refractivity contribution in [2.75, 3.05) is 19.4 Å². The number of rotatable bonds is 2. The Labute approximate surface area is 76.6 Å². The van der Waals surface area contributed by atoms with Crippen molar-refractivity contribution in [3.8, 4) is 5.75 Å². The molecule has 0 bridgehead atoms. The van der Waals surface area contributed by atoms with Gasteiger partial charge in [-0.1, -0.05) is 0 Å². The van der Waals surface area contributed by atoms with E-state index in [2.05, 4.69) is 10.6 Å². The van der Waals surface area contributed by atoms with Gasteiger partial charge in [0.25, 0.3) is 5.91 Å². The monoisotopic (exact) mass is 180 g/mol. The maximum absolute atomic E-state index is 11.3. The van der Waals surface area contributed by atoms with Crippen molar-refractivity contribution in [2.45, 2.75) is 0 Å². The fraction of sp³-hybridized carbons (Fsp3) is 0.222. The summed E-state index contributed by atoms with van der Waals surface area (Å²) < 4.78 is 0. The molecule has 0 radical (unpaired) electrons. The third-order valence-corrected chi connectivity index (χ3v) is 1.74. The molecule has 0 aromatic heterocycles. The molecule has 0 fully saturated rings. The molecule has 3 N–H and O–H groups in total. The Morgan fingerprint density at radius 2 is 2.08 bits per heavy atom. The molecule has 4 nitrogen and oxygen atoms in total. The predicted octanol–water partition coefficient (Wildman–Crippen LogP) is 0.793. The summed E-state index contributed by atoms with van der Waals surface area (Å²) in [7, 11) is 3.27. The molecule has 13 heavy (non-hydrogen) atoms. The van der Waals surface area contributed by atoms with Gasteiger partial charge in [-0.3, -0.25) is 4.79 Å². The Kier molecular flexibility index (Phi) is 2.74. The van der Waals surface area contributed by atoms with Crippen molar-refractivity contribution in [2.24, 2.45) is 0 Å². The molecule has 1 aromatic rings. The molecule has 0 heterocycles. The van der Waals surface area contributed by atoms with Crippen molar-refractivity contribution < 1.29 is 9.90 Å². The van der Waals surface area contributed by atoms with E-state index in [0.29, 0.717) is 11.3 Å². The van der Waals surface area contributed by atoms with E-state index < -0.39 is 0 Å². The van der Waals surface area contributed by atoms with Crippen LogP contribution in [-0.2, 0) is 0 Å². The summed E-state index contributed by atoms with van der Waals surface area (Å²) in [4.78, 5) is 11.3. The molecule has 70 valence electrons. The SMILES string of the molecule is CNC(=O)c1cc(O)ccc1NC. The summed E-state index contributed by atoms with van der Waals surface area (Å²) in [5.41, 5.74) is 1.13. The Bertz CT molecular complexity index is 323. The zero-order valence-electron chi connectivity index (χ0n) is 7.59. The summed E-state index contributed by atoms with van der Waals surface area (Å²) in [6, 6.07) is 4.60. The normalized spacial score (nSPS) is 9.38. The van der Waals surface area contributed by atoms with Gasteiger partial charge in [0.1, 0.15) is 5.75 Å². The lowest BCUT2D eigenvalue weighted by molar-refractivity contribution is 0.0963. The van der Waals surface area contributed by atoms with Crippen LogP contribution in [0.15, 0.2) is 18.2 Å². The highest BCUT2D eigenvalue weighted by Crippen LogP contribution is 2.20. The first-order chi connectivity index (χ1) is 6.19. The van der Waals surface area contributed by atoms with Crippen molar-refractivity contribution in [1.82, 2.24) is 5.32 Å². The first-order valence-electron chi connectivity index (χ1n) is 3.92. The third kappa shape index (κ3) is 1.90. The zero-order chi connectivity index (χ0) is 9.84. The lowest BCUT2D eigenvalue weighted by atomic mass is 10.1. The van der Waals surface area contributed by atoms with Gasteiger partial charge in [-0.25, -0.2) is 0 Å². The van der Waals surface area contributed by atoms with Crippen LogP contribution in [0.25, 0.3) is 0 Å². The molecular formula is C9H12N2O2. The number of hydrogen-bond donors (Lipinski definition) is 3. The highest BCUT2D eigenvalue weighted by atomic mass is 16.3. The van der Waals surface area contributed by atoms with Crippen LogP contribution in [-0.4, -0.2) is 25.1 Å². The second kappa shape index (κ2) is 3.80. The van der Waals surface area contributed by atoms with E-state index in [4.69, 9.17) is 5.11 Å². The maximum atomic E-state index is 11.3. The predicted molar refractivity (Wildman–Crippen MR) is 51.0 cm³/mol. The Morgan fingerprint density at radius 3 is 2.62 bits per heavy atom. The second-order valence-corrected chi connectivity index (χ2v) is 2.56. The number of anilines is 1. The lowest BCUT2D eigenvalue weighted by Gasteiger charge is -2.07. The van der Waals surface area contributed by atoms with Crippen LogP contribution in [0, 0.1) is 0 Å². The van der Waals surface area contributed by atoms with Gasteiger partial charge < -0.3 is 15.7 Å². The Hall–Kier alpha value is -1.71. The van der Waals surface area contributed by atoms with E-state index in [1.807, 2.05) is 0 Å². The fourth-order valence-corrected chi connectivity index (χ4v) is 1.07. The highest BCUT2D eigenvalue weighted by molar-refractivity contribution is 5.99. The minimum Gasteiger partial charge on any atom is -0.508 e. The molecular weight excluding hydrogens is 168 g/mol. The summed E-state index contributed by atoms with van der Waals surface area (Å²) in [6.45, 7) is 0. The number of phenolic OH excluding ortho intramolecular Hbond substituents is 1. The molecule has 1 rings (SSSR count). The number of nitrogens with one attached hydrogen (secondary N) is 2. The molecule has 1 aromatic carbocycles. The number of aromatic hydroxyl groups is 1. The number of carbonyl (C=O) groups is 1. The Morgan fingerprint density at radius 1 is 1.38 bits per heavy atom. The van der Waals surface area contributed by atoms with Crippen molar-refractivity contribution >= 4 is 11.6 Å². The quantitative estimate of drug-likeness (QED) is 0.590. The van der Waals surface area contributed by atoms with E-state index in [1.54, 1.807) is 20.2 Å². The average Bonchev–Trinajstić information content (AvgIpc) is 2.16. The molecule has 0 aliphatic rings. The van der Waals surface area contributed by atoms with Crippen LogP contribution in [0.2, 0.25) is 0 Å². The Balaban J connectivity index is 3.15. The first kappa shape index (κ1) is 9.38. The van der Waals surface area contributed by atoms with Crippen LogP contribution >= 0.6 is 0 Å². The number of benzene rings is 1. The van der Waals surface area contributed by atoms with Gasteiger partial charge in [-0.2, -0.15) is 0 Å².